The summed E-state index contributed by atoms with van der Waals surface area (Å²) in [4.78, 5) is 62.1. The van der Waals surface area contributed by atoms with Crippen LogP contribution >= 0.6 is 31.9 Å². The molecule has 0 aliphatic carbocycles. The molecule has 4 N–H and O–H groups in total. The number of aliphatic carboxylic acids is 1. The van der Waals surface area contributed by atoms with Crippen molar-refractivity contribution in [1.29, 1.82) is 0 Å². The number of carbonyl (C=O) groups excluding carboxylic acids is 3. The second-order valence-corrected chi connectivity index (χ2v) is 15.7. The van der Waals surface area contributed by atoms with E-state index in [4.69, 9.17) is 0 Å². The number of urea groups is 2. The average Bonchev–Trinajstić information content (AvgIpc) is 3.13. The molecule has 6 rings (SSSR count). The van der Waals surface area contributed by atoms with Crippen LogP contribution in [0, 0.1) is 0 Å². The van der Waals surface area contributed by atoms with E-state index in [0.717, 1.165) is 49.2 Å². The third-order valence-electron chi connectivity index (χ3n) is 10.9. The first-order valence-electron chi connectivity index (χ1n) is 17.9. The molecule has 4 heterocycles. The van der Waals surface area contributed by atoms with Crippen molar-refractivity contribution in [3.63, 3.8) is 0 Å². The van der Waals surface area contributed by atoms with Crippen LogP contribution in [-0.2, 0) is 22.6 Å². The lowest BCUT2D eigenvalue weighted by atomic mass is 9.98. The maximum Gasteiger partial charge on any atom is 0.322 e. The summed E-state index contributed by atoms with van der Waals surface area (Å²) in [5.74, 6) is -0.876. The molecule has 2 aromatic carbocycles. The molecule has 4 aliphatic rings. The molecule has 3 saturated heterocycles. The minimum atomic E-state index is -0.816. The molecule has 13 nitrogen and oxygen atoms in total. The number of para-hydroxylation sites is 1. The number of benzene rings is 2. The van der Waals surface area contributed by atoms with Crippen molar-refractivity contribution in [2.45, 2.75) is 76.2 Å². The number of fused-ring (bicyclic) bond motifs is 1. The van der Waals surface area contributed by atoms with Crippen molar-refractivity contribution in [2.75, 3.05) is 57.7 Å². The monoisotopic (exact) mass is 831 g/mol. The quantitative estimate of drug-likeness (QED) is 0.289. The van der Waals surface area contributed by atoms with Crippen LogP contribution in [0.2, 0.25) is 0 Å². The second-order valence-electron chi connectivity index (χ2n) is 14.0. The van der Waals surface area contributed by atoms with Gasteiger partial charge in [0.2, 0.25) is 5.91 Å². The first-order chi connectivity index (χ1) is 24.5. The van der Waals surface area contributed by atoms with Crippen LogP contribution < -0.4 is 10.6 Å². The molecular weight excluding hydrogens is 786 g/mol. The van der Waals surface area contributed by atoms with Crippen LogP contribution in [-0.4, -0.2) is 135 Å². The molecule has 2 aromatic rings. The Balaban J connectivity index is 1.08. The van der Waals surface area contributed by atoms with E-state index in [2.05, 4.69) is 59.2 Å². The van der Waals surface area contributed by atoms with E-state index in [1.165, 1.54) is 0 Å². The molecule has 3 fully saturated rings. The summed E-state index contributed by atoms with van der Waals surface area (Å²) in [5.41, 5.74) is 2.68. The van der Waals surface area contributed by atoms with Crippen LogP contribution in [0.15, 0.2) is 45.3 Å². The summed E-state index contributed by atoms with van der Waals surface area (Å²) < 4.78 is 0.982. The third-order valence-corrected chi connectivity index (χ3v) is 12.1. The van der Waals surface area contributed by atoms with E-state index in [1.54, 1.807) is 17.0 Å². The topological polar surface area (TPSA) is 149 Å². The van der Waals surface area contributed by atoms with Gasteiger partial charge in [0.25, 0.3) is 0 Å². The van der Waals surface area contributed by atoms with Gasteiger partial charge in [-0.15, -0.1) is 0 Å². The fraction of sp³-hybridized carbons (Fsp3) is 0.556. The van der Waals surface area contributed by atoms with Crippen molar-refractivity contribution in [3.05, 3.63) is 56.5 Å². The minimum absolute atomic E-state index is 0.000537. The normalized spacial score (nSPS) is 21.6. The highest BCUT2D eigenvalue weighted by Gasteiger charge is 2.37. The van der Waals surface area contributed by atoms with Crippen molar-refractivity contribution < 1.29 is 29.4 Å². The molecule has 0 aromatic heterocycles. The number of piperidine rings is 2. The Morgan fingerprint density at radius 3 is 2.25 bits per heavy atom. The van der Waals surface area contributed by atoms with Crippen molar-refractivity contribution >= 4 is 61.5 Å². The number of carboxylic acid groups (broad SMARTS) is 1. The fourth-order valence-electron chi connectivity index (χ4n) is 8.00. The van der Waals surface area contributed by atoms with Gasteiger partial charge in [0.15, 0.2) is 0 Å². The Bertz CT molecular complexity index is 1590. The lowest BCUT2D eigenvalue weighted by molar-refractivity contribution is -0.139. The van der Waals surface area contributed by atoms with Crippen molar-refractivity contribution in [2.24, 2.45) is 0 Å². The molecule has 0 radical (unpaired) electrons. The summed E-state index contributed by atoms with van der Waals surface area (Å²) in [6.07, 6.45) is 4.01. The number of piperazine rings is 1. The SMILES string of the molecule is CCC1CN(C2CCN(C(=O)[C@@H](Cc3cc(Br)c(O)c(Br)c3)NC(=O)N3CCC(N4Cc5ccccc5NC4=O)CC3)CC2)CCN1CC(=O)O. The highest BCUT2D eigenvalue weighted by atomic mass is 79.9. The van der Waals surface area contributed by atoms with Gasteiger partial charge < -0.3 is 35.5 Å². The Hall–Kier alpha value is -3.40. The van der Waals surface area contributed by atoms with Crippen LogP contribution in [0.3, 0.4) is 0 Å². The summed E-state index contributed by atoms with van der Waals surface area (Å²) in [7, 11) is 0. The number of hydrogen-bond donors (Lipinski definition) is 4. The zero-order valence-corrected chi connectivity index (χ0v) is 32.1. The van der Waals surface area contributed by atoms with E-state index in [1.807, 2.05) is 34.1 Å². The molecule has 276 valence electrons. The molecule has 0 spiro atoms. The molecule has 2 atom stereocenters. The van der Waals surface area contributed by atoms with Gasteiger partial charge >= 0.3 is 18.0 Å². The van der Waals surface area contributed by atoms with Gasteiger partial charge in [0, 0.05) is 82.6 Å². The predicted octanol–water partition coefficient (Wildman–Crippen LogP) is 4.52. The van der Waals surface area contributed by atoms with E-state index in [9.17, 15) is 29.4 Å². The van der Waals surface area contributed by atoms with Gasteiger partial charge in [-0.25, -0.2) is 9.59 Å². The average molecular weight is 834 g/mol. The predicted molar refractivity (Wildman–Crippen MR) is 200 cm³/mol. The van der Waals surface area contributed by atoms with E-state index >= 15 is 0 Å². The largest absolute Gasteiger partial charge is 0.506 e. The number of likely N-dealkylation sites (tertiary alicyclic amines) is 2. The zero-order chi connectivity index (χ0) is 36.2. The van der Waals surface area contributed by atoms with E-state index < -0.39 is 12.0 Å². The lowest BCUT2D eigenvalue weighted by Gasteiger charge is -2.46. The van der Waals surface area contributed by atoms with Crippen LogP contribution in [0.25, 0.3) is 0 Å². The molecule has 15 heteroatoms. The number of halogens is 2. The number of carbonyl (C=O) groups is 4. The van der Waals surface area contributed by atoms with E-state index in [-0.39, 0.29) is 48.8 Å². The standard InChI is InChI=1S/C36H47Br2N7O6/c1-2-25-21-43(15-16-44(25)22-32(46)47)26-7-11-41(12-8-26)34(49)31(19-23-17-28(37)33(48)29(38)18-23)40-35(50)42-13-9-27(10-14-42)45-20-24-5-3-4-6-30(24)39-36(45)51/h3-6,17-18,25-27,31,48H,2,7-16,19-22H2,1H3,(H,39,51)(H,40,50)(H,46,47)/t25?,31-/m1/s1. The van der Waals surface area contributed by atoms with Crippen molar-refractivity contribution in [3.8, 4) is 5.75 Å². The van der Waals surface area contributed by atoms with E-state index in [0.29, 0.717) is 67.1 Å². The second kappa shape index (κ2) is 16.5. The first kappa shape index (κ1) is 37.4. The molecule has 4 aliphatic heterocycles. The summed E-state index contributed by atoms with van der Waals surface area (Å²) in [5, 5.41) is 25.6. The lowest BCUT2D eigenvalue weighted by Crippen LogP contribution is -2.60. The number of phenolic OH excluding ortho intramolecular Hbond substituents is 1. The van der Waals surface area contributed by atoms with Gasteiger partial charge in [-0.2, -0.15) is 0 Å². The maximum atomic E-state index is 14.2. The fourth-order valence-corrected chi connectivity index (χ4v) is 9.28. The Morgan fingerprint density at radius 2 is 1.59 bits per heavy atom. The number of aromatic hydroxyl groups is 1. The summed E-state index contributed by atoms with van der Waals surface area (Å²) >= 11 is 6.79. The molecule has 0 saturated carbocycles. The minimum Gasteiger partial charge on any atom is -0.506 e. The highest BCUT2D eigenvalue weighted by Crippen LogP contribution is 2.34. The van der Waals surface area contributed by atoms with Crippen LogP contribution in [0.5, 0.6) is 5.75 Å². The molecular formula is C36H47Br2N7O6. The Kier molecular flexibility index (Phi) is 12.1. The highest BCUT2D eigenvalue weighted by molar-refractivity contribution is 9.11. The molecule has 51 heavy (non-hydrogen) atoms. The number of nitrogens with zero attached hydrogens (tertiary/aromatic N) is 5. The Labute approximate surface area is 315 Å². The third kappa shape index (κ3) is 8.81. The van der Waals surface area contributed by atoms with Crippen LogP contribution in [0.1, 0.15) is 50.2 Å². The molecule has 5 amide bonds. The molecule has 0 bridgehead atoms. The summed E-state index contributed by atoms with van der Waals surface area (Å²) in [6.45, 7) is 7.08. The molecule has 1 unspecified atom stereocenters. The van der Waals surface area contributed by atoms with Gasteiger partial charge in [-0.3, -0.25) is 19.4 Å². The number of phenols is 1. The van der Waals surface area contributed by atoms with Crippen LogP contribution in [0.4, 0.5) is 15.3 Å². The number of amides is 5. The smallest absolute Gasteiger partial charge is 0.322 e. The number of rotatable bonds is 9. The Morgan fingerprint density at radius 1 is 0.941 bits per heavy atom. The van der Waals surface area contributed by atoms with Gasteiger partial charge in [0.05, 0.1) is 15.5 Å². The number of carboxylic acids is 1. The van der Waals surface area contributed by atoms with Gasteiger partial charge in [-0.05, 0) is 93.3 Å². The van der Waals surface area contributed by atoms with Gasteiger partial charge in [0.1, 0.15) is 11.8 Å². The number of anilines is 1. The zero-order valence-electron chi connectivity index (χ0n) is 28.9. The number of nitrogens with one attached hydrogen (secondary N) is 2. The first-order valence-corrected chi connectivity index (χ1v) is 19.5. The summed E-state index contributed by atoms with van der Waals surface area (Å²) in [6, 6.07) is 10.6. The number of hydrogen-bond acceptors (Lipinski definition) is 7. The maximum absolute atomic E-state index is 14.2. The van der Waals surface area contributed by atoms with Crippen molar-refractivity contribution in [1.82, 2.24) is 29.8 Å². The van der Waals surface area contributed by atoms with Gasteiger partial charge in [-0.1, -0.05) is 25.1 Å².